The number of fused-ring (bicyclic) bond motifs is 1. The number of nitrogens with zero attached hydrogens (tertiary/aromatic N) is 2. The van der Waals surface area contributed by atoms with Crippen molar-refractivity contribution < 1.29 is 14.6 Å². The molecular formula is C23H21N3O3. The van der Waals surface area contributed by atoms with E-state index in [9.17, 15) is 9.90 Å². The Kier molecular flexibility index (Phi) is 4.91. The Morgan fingerprint density at radius 2 is 1.72 bits per heavy atom. The summed E-state index contributed by atoms with van der Waals surface area (Å²) in [5, 5.41) is 19.7. The molecule has 0 aliphatic carbocycles. The van der Waals surface area contributed by atoms with Crippen LogP contribution in [-0.4, -0.2) is 28.8 Å². The summed E-state index contributed by atoms with van der Waals surface area (Å²) in [7, 11) is 1.61. The maximum absolute atomic E-state index is 13.3. The molecule has 6 nitrogen and oxygen atoms in total. The molecule has 29 heavy (non-hydrogen) atoms. The number of benzene rings is 3. The van der Waals surface area contributed by atoms with Gasteiger partial charge in [-0.1, -0.05) is 30.3 Å². The van der Waals surface area contributed by atoms with Crippen LogP contribution in [-0.2, 0) is 0 Å². The second-order valence-corrected chi connectivity index (χ2v) is 6.71. The lowest BCUT2D eigenvalue weighted by atomic mass is 10.0. The van der Waals surface area contributed by atoms with E-state index in [4.69, 9.17) is 4.74 Å². The number of aromatic hydroxyl groups is 1. The van der Waals surface area contributed by atoms with Crippen LogP contribution < -0.4 is 10.1 Å². The Hall–Kier alpha value is -3.80. The fourth-order valence-corrected chi connectivity index (χ4v) is 3.33. The van der Waals surface area contributed by atoms with E-state index >= 15 is 0 Å². The number of phenols is 1. The number of nitrogens with one attached hydrogen (secondary N) is 1. The zero-order chi connectivity index (χ0) is 20.4. The topological polar surface area (TPSA) is 74.2 Å². The maximum Gasteiger partial charge on any atom is 0.278 e. The SMILES string of the molecule is COc1ccc(C(C)=NN2C(=O)c3ccccc3NC2c2ccccc2O)cc1. The van der Waals surface area contributed by atoms with Crippen molar-refractivity contribution in [3.05, 3.63) is 89.5 Å². The minimum Gasteiger partial charge on any atom is -0.508 e. The molecule has 1 amide bonds. The van der Waals surface area contributed by atoms with Gasteiger partial charge < -0.3 is 15.2 Å². The molecule has 1 aliphatic rings. The Morgan fingerprint density at radius 3 is 2.45 bits per heavy atom. The molecule has 1 aliphatic heterocycles. The normalized spacial score (nSPS) is 16.2. The van der Waals surface area contributed by atoms with Crippen LogP contribution in [0.25, 0.3) is 0 Å². The van der Waals surface area contributed by atoms with Crippen LogP contribution in [0.2, 0.25) is 0 Å². The first-order valence-corrected chi connectivity index (χ1v) is 9.25. The van der Waals surface area contributed by atoms with Crippen molar-refractivity contribution in [1.29, 1.82) is 0 Å². The van der Waals surface area contributed by atoms with Crippen LogP contribution >= 0.6 is 0 Å². The molecule has 0 radical (unpaired) electrons. The van der Waals surface area contributed by atoms with Crippen LogP contribution in [0.3, 0.4) is 0 Å². The van der Waals surface area contributed by atoms with Gasteiger partial charge in [0.1, 0.15) is 11.5 Å². The molecule has 146 valence electrons. The molecule has 0 aromatic heterocycles. The van der Waals surface area contributed by atoms with Gasteiger partial charge in [-0.3, -0.25) is 4.79 Å². The number of para-hydroxylation sites is 2. The van der Waals surface area contributed by atoms with Gasteiger partial charge in [-0.2, -0.15) is 5.10 Å². The van der Waals surface area contributed by atoms with Gasteiger partial charge in [0.15, 0.2) is 6.17 Å². The lowest BCUT2D eigenvalue weighted by Crippen LogP contribution is -2.40. The molecule has 4 rings (SSSR count). The second-order valence-electron chi connectivity index (χ2n) is 6.71. The average molecular weight is 387 g/mol. The van der Waals surface area contributed by atoms with Gasteiger partial charge in [-0.05, 0) is 55.0 Å². The zero-order valence-corrected chi connectivity index (χ0v) is 16.2. The van der Waals surface area contributed by atoms with Crippen LogP contribution in [0.15, 0.2) is 77.9 Å². The number of hydrogen-bond donors (Lipinski definition) is 2. The highest BCUT2D eigenvalue weighted by molar-refractivity contribution is 6.04. The molecule has 0 saturated heterocycles. The number of amides is 1. The first-order chi connectivity index (χ1) is 14.1. The highest BCUT2D eigenvalue weighted by Crippen LogP contribution is 2.36. The van der Waals surface area contributed by atoms with E-state index < -0.39 is 6.17 Å². The first-order valence-electron chi connectivity index (χ1n) is 9.25. The zero-order valence-electron chi connectivity index (χ0n) is 16.2. The molecule has 3 aromatic carbocycles. The summed E-state index contributed by atoms with van der Waals surface area (Å²) in [5.41, 5.74) is 3.35. The van der Waals surface area contributed by atoms with Gasteiger partial charge in [0.05, 0.1) is 18.4 Å². The molecule has 6 heteroatoms. The third-order valence-electron chi connectivity index (χ3n) is 4.90. The van der Waals surface area contributed by atoms with Crippen LogP contribution in [0, 0.1) is 0 Å². The summed E-state index contributed by atoms with van der Waals surface area (Å²) in [6.45, 7) is 1.84. The molecule has 1 heterocycles. The fourth-order valence-electron chi connectivity index (χ4n) is 3.33. The molecule has 1 unspecified atom stereocenters. The van der Waals surface area contributed by atoms with Crippen LogP contribution in [0.1, 0.15) is 34.6 Å². The highest BCUT2D eigenvalue weighted by Gasteiger charge is 2.34. The van der Waals surface area contributed by atoms with Crippen molar-refractivity contribution in [1.82, 2.24) is 5.01 Å². The third kappa shape index (κ3) is 3.52. The highest BCUT2D eigenvalue weighted by atomic mass is 16.5. The van der Waals surface area contributed by atoms with E-state index in [0.29, 0.717) is 22.5 Å². The van der Waals surface area contributed by atoms with E-state index in [0.717, 1.165) is 11.3 Å². The van der Waals surface area contributed by atoms with E-state index in [2.05, 4.69) is 10.4 Å². The largest absolute Gasteiger partial charge is 0.508 e. The Morgan fingerprint density at radius 1 is 1.03 bits per heavy atom. The number of carbonyl (C=O) groups excluding carboxylic acids is 1. The van der Waals surface area contributed by atoms with Crippen molar-refractivity contribution in [3.63, 3.8) is 0 Å². The van der Waals surface area contributed by atoms with E-state index in [1.54, 1.807) is 31.4 Å². The number of hydrazone groups is 1. The molecule has 1 atom stereocenters. The lowest BCUT2D eigenvalue weighted by molar-refractivity contribution is 0.0688. The number of methoxy groups -OCH3 is 1. The Balaban J connectivity index is 1.78. The minimum atomic E-state index is -0.633. The molecule has 0 saturated carbocycles. The summed E-state index contributed by atoms with van der Waals surface area (Å²) in [6.07, 6.45) is -0.633. The van der Waals surface area contributed by atoms with Gasteiger partial charge in [0.25, 0.3) is 5.91 Å². The van der Waals surface area contributed by atoms with E-state index in [1.807, 2.05) is 55.5 Å². The average Bonchev–Trinajstić information content (AvgIpc) is 2.76. The van der Waals surface area contributed by atoms with E-state index in [-0.39, 0.29) is 11.7 Å². The van der Waals surface area contributed by atoms with Gasteiger partial charge in [0.2, 0.25) is 0 Å². The molecule has 2 N–H and O–H groups in total. The van der Waals surface area contributed by atoms with Gasteiger partial charge in [-0.15, -0.1) is 0 Å². The Labute approximate surface area is 169 Å². The van der Waals surface area contributed by atoms with Crippen molar-refractivity contribution in [2.75, 3.05) is 12.4 Å². The van der Waals surface area contributed by atoms with Crippen molar-refractivity contribution in [2.24, 2.45) is 5.10 Å². The lowest BCUT2D eigenvalue weighted by Gasteiger charge is -2.35. The van der Waals surface area contributed by atoms with Crippen molar-refractivity contribution in [3.8, 4) is 11.5 Å². The van der Waals surface area contributed by atoms with Crippen molar-refractivity contribution >= 4 is 17.3 Å². The predicted molar refractivity (Wildman–Crippen MR) is 112 cm³/mol. The number of ether oxygens (including phenoxy) is 1. The van der Waals surface area contributed by atoms with Gasteiger partial charge in [-0.25, -0.2) is 5.01 Å². The quantitative estimate of drug-likeness (QED) is 0.651. The van der Waals surface area contributed by atoms with Gasteiger partial charge in [0, 0.05) is 11.3 Å². The summed E-state index contributed by atoms with van der Waals surface area (Å²) in [5.74, 6) is 0.609. The Bertz CT molecular complexity index is 1080. The van der Waals surface area contributed by atoms with Crippen molar-refractivity contribution in [2.45, 2.75) is 13.1 Å². The number of rotatable bonds is 4. The second kappa shape index (κ2) is 7.67. The summed E-state index contributed by atoms with van der Waals surface area (Å²) in [4.78, 5) is 13.3. The smallest absolute Gasteiger partial charge is 0.278 e. The maximum atomic E-state index is 13.3. The summed E-state index contributed by atoms with van der Waals surface area (Å²) in [6, 6.07) is 21.7. The summed E-state index contributed by atoms with van der Waals surface area (Å²) < 4.78 is 5.20. The molecule has 0 bridgehead atoms. The number of carbonyl (C=O) groups is 1. The molecular weight excluding hydrogens is 366 g/mol. The number of hydrogen-bond acceptors (Lipinski definition) is 5. The van der Waals surface area contributed by atoms with Crippen LogP contribution in [0.5, 0.6) is 11.5 Å². The fraction of sp³-hybridized carbons (Fsp3) is 0.130. The summed E-state index contributed by atoms with van der Waals surface area (Å²) >= 11 is 0. The number of anilines is 1. The predicted octanol–water partition coefficient (Wildman–Crippen LogP) is 4.39. The number of phenolic OH excluding ortho intramolecular Hbond substituents is 1. The third-order valence-corrected chi connectivity index (χ3v) is 4.90. The van der Waals surface area contributed by atoms with Gasteiger partial charge >= 0.3 is 0 Å². The van der Waals surface area contributed by atoms with E-state index in [1.165, 1.54) is 5.01 Å². The molecule has 3 aromatic rings. The molecule has 0 fully saturated rings. The standard InChI is InChI=1S/C23H21N3O3/c1-15(16-11-13-17(29-2)14-12-16)25-26-22(19-8-4-6-10-21(19)27)24-20-9-5-3-7-18(20)23(26)28/h3-14,22,24,27H,1-2H3. The van der Waals surface area contributed by atoms with Crippen LogP contribution in [0.4, 0.5) is 5.69 Å². The molecule has 0 spiro atoms. The first kappa shape index (κ1) is 18.6. The monoisotopic (exact) mass is 387 g/mol. The minimum absolute atomic E-state index is 0.0967.